The Balaban J connectivity index is 1.75. The molecule has 4 aromatic rings. The van der Waals surface area contributed by atoms with Crippen molar-refractivity contribution in [3.63, 3.8) is 0 Å². The summed E-state index contributed by atoms with van der Waals surface area (Å²) in [5, 5.41) is 4.40. The van der Waals surface area contributed by atoms with Crippen LogP contribution >= 0.6 is 0 Å². The number of fused-ring (bicyclic) bond motifs is 1. The van der Waals surface area contributed by atoms with Crippen LogP contribution in [0.2, 0.25) is 0 Å². The highest BCUT2D eigenvalue weighted by atomic mass is 32.2. The van der Waals surface area contributed by atoms with Gasteiger partial charge in [0.2, 0.25) is 5.75 Å². The normalized spacial score (nSPS) is 11.9. The lowest BCUT2D eigenvalue weighted by Gasteiger charge is -2.10. The zero-order chi connectivity index (χ0) is 22.2. The molecule has 0 aliphatic heterocycles. The van der Waals surface area contributed by atoms with E-state index in [4.69, 9.17) is 9.92 Å². The second-order valence-electron chi connectivity index (χ2n) is 7.04. The number of halogens is 1. The molecule has 160 valence electrons. The van der Waals surface area contributed by atoms with Crippen LogP contribution in [0, 0.1) is 5.82 Å². The number of hydrogen-bond donors (Lipinski definition) is 1. The van der Waals surface area contributed by atoms with Crippen LogP contribution in [0.4, 0.5) is 10.2 Å². The molecular formula is C20H19FN6O3S. The van der Waals surface area contributed by atoms with Gasteiger partial charge in [-0.25, -0.2) is 24.0 Å². The van der Waals surface area contributed by atoms with Crippen LogP contribution in [-0.4, -0.2) is 38.4 Å². The molecule has 0 amide bonds. The predicted molar refractivity (Wildman–Crippen MR) is 113 cm³/mol. The van der Waals surface area contributed by atoms with Crippen LogP contribution in [0.1, 0.15) is 19.4 Å². The first kappa shape index (κ1) is 20.7. The maximum Gasteiger partial charge on any atom is 0.311 e. The number of nitrogens with two attached hydrogens (primary N) is 1. The Kier molecular flexibility index (Phi) is 5.27. The van der Waals surface area contributed by atoms with Crippen molar-refractivity contribution < 1.29 is 17.0 Å². The third kappa shape index (κ3) is 4.04. The fourth-order valence-corrected chi connectivity index (χ4v) is 3.43. The zero-order valence-corrected chi connectivity index (χ0v) is 17.5. The van der Waals surface area contributed by atoms with Gasteiger partial charge in [0.1, 0.15) is 11.5 Å². The van der Waals surface area contributed by atoms with E-state index in [0.717, 1.165) is 0 Å². The van der Waals surface area contributed by atoms with Crippen LogP contribution < -0.4 is 9.92 Å². The highest BCUT2D eigenvalue weighted by molar-refractivity contribution is 7.87. The first-order valence-electron chi connectivity index (χ1n) is 9.37. The number of pyridine rings is 1. The van der Waals surface area contributed by atoms with Crippen molar-refractivity contribution in [1.82, 2.24) is 24.7 Å². The van der Waals surface area contributed by atoms with Crippen LogP contribution in [0.15, 0.2) is 48.8 Å². The molecule has 0 bridgehead atoms. The molecular weight excluding hydrogens is 423 g/mol. The van der Waals surface area contributed by atoms with Crippen molar-refractivity contribution in [2.24, 2.45) is 0 Å². The summed E-state index contributed by atoms with van der Waals surface area (Å²) in [5.74, 6) is -0.491. The Hall–Kier alpha value is -3.60. The highest BCUT2D eigenvalue weighted by Crippen LogP contribution is 2.28. The smallest absolute Gasteiger partial charge is 0.311 e. The molecule has 0 unspecified atom stereocenters. The number of nitrogens with zero attached hydrogens (tertiary/aromatic N) is 5. The second-order valence-corrected chi connectivity index (χ2v) is 9.14. The van der Waals surface area contributed by atoms with Gasteiger partial charge in [0.15, 0.2) is 17.3 Å². The number of rotatable bonds is 6. The molecule has 0 saturated carbocycles. The summed E-state index contributed by atoms with van der Waals surface area (Å²) in [5.41, 5.74) is 7.27. The largest absolute Gasteiger partial charge is 0.380 e. The van der Waals surface area contributed by atoms with Crippen molar-refractivity contribution >= 4 is 27.0 Å². The maximum atomic E-state index is 14.1. The molecule has 0 saturated heterocycles. The monoisotopic (exact) mass is 442 g/mol. The van der Waals surface area contributed by atoms with E-state index in [-0.39, 0.29) is 29.8 Å². The minimum atomic E-state index is -3.85. The summed E-state index contributed by atoms with van der Waals surface area (Å²) >= 11 is 0. The maximum absolute atomic E-state index is 14.1. The molecule has 0 spiro atoms. The van der Waals surface area contributed by atoms with Crippen molar-refractivity contribution in [2.45, 2.75) is 25.6 Å². The first-order chi connectivity index (χ1) is 14.8. The minimum absolute atomic E-state index is 0.144. The van der Waals surface area contributed by atoms with Gasteiger partial charge >= 0.3 is 10.1 Å². The molecule has 0 fully saturated rings. The van der Waals surface area contributed by atoms with E-state index in [1.165, 1.54) is 26.1 Å². The SMILES string of the molecule is CC(C)S(=O)(=O)Oc1cnc(-c2nn(Cc3ccccc3F)c3ncccc23)nc1N. The second kappa shape index (κ2) is 7.91. The number of benzene rings is 1. The van der Waals surface area contributed by atoms with E-state index >= 15 is 0 Å². The highest BCUT2D eigenvalue weighted by Gasteiger charge is 2.22. The summed E-state index contributed by atoms with van der Waals surface area (Å²) < 4.78 is 44.7. The van der Waals surface area contributed by atoms with Crippen LogP contribution in [-0.2, 0) is 16.7 Å². The molecule has 4 rings (SSSR count). The molecule has 31 heavy (non-hydrogen) atoms. The Morgan fingerprint density at radius 2 is 1.94 bits per heavy atom. The van der Waals surface area contributed by atoms with E-state index in [9.17, 15) is 12.8 Å². The van der Waals surface area contributed by atoms with Gasteiger partial charge in [0.05, 0.1) is 23.4 Å². The molecule has 0 aliphatic carbocycles. The average molecular weight is 442 g/mol. The lowest BCUT2D eigenvalue weighted by Crippen LogP contribution is -2.21. The number of hydrogen-bond acceptors (Lipinski definition) is 8. The van der Waals surface area contributed by atoms with Crippen molar-refractivity contribution in [3.05, 3.63) is 60.2 Å². The topological polar surface area (TPSA) is 126 Å². The van der Waals surface area contributed by atoms with Crippen molar-refractivity contribution in [2.75, 3.05) is 5.73 Å². The van der Waals surface area contributed by atoms with Crippen LogP contribution in [0.5, 0.6) is 5.75 Å². The standard InChI is InChI=1S/C20H19FN6O3S/c1-12(2)31(28,29)30-16-10-24-19(25-18(16)22)17-14-7-5-9-23-20(14)27(26-17)11-13-6-3-4-8-15(13)21/h3-10,12H,11H2,1-2H3,(H2,22,24,25). The Bertz CT molecular complexity index is 1370. The lowest BCUT2D eigenvalue weighted by molar-refractivity contribution is 0.476. The van der Waals surface area contributed by atoms with Crippen LogP contribution in [0.25, 0.3) is 22.6 Å². The lowest BCUT2D eigenvalue weighted by atomic mass is 10.2. The Labute approximate surface area is 177 Å². The summed E-state index contributed by atoms with van der Waals surface area (Å²) in [7, 11) is -3.85. The van der Waals surface area contributed by atoms with Gasteiger partial charge in [0, 0.05) is 11.8 Å². The van der Waals surface area contributed by atoms with Gasteiger partial charge in [-0.2, -0.15) is 13.5 Å². The van der Waals surface area contributed by atoms with Gasteiger partial charge in [-0.1, -0.05) is 18.2 Å². The molecule has 11 heteroatoms. The molecule has 0 atom stereocenters. The molecule has 1 aromatic carbocycles. The third-order valence-electron chi connectivity index (χ3n) is 4.56. The molecule has 3 heterocycles. The molecule has 2 N–H and O–H groups in total. The minimum Gasteiger partial charge on any atom is -0.380 e. The van der Waals surface area contributed by atoms with E-state index < -0.39 is 15.4 Å². The molecule has 3 aromatic heterocycles. The fraction of sp³-hybridized carbons (Fsp3) is 0.200. The van der Waals surface area contributed by atoms with Gasteiger partial charge in [-0.15, -0.1) is 0 Å². The van der Waals surface area contributed by atoms with Crippen LogP contribution in [0.3, 0.4) is 0 Å². The summed E-state index contributed by atoms with van der Waals surface area (Å²) in [6.07, 6.45) is 2.80. The number of anilines is 1. The average Bonchev–Trinajstić information content (AvgIpc) is 3.10. The molecule has 0 aliphatic rings. The van der Waals surface area contributed by atoms with Gasteiger partial charge < -0.3 is 9.92 Å². The van der Waals surface area contributed by atoms with Gasteiger partial charge in [-0.05, 0) is 32.0 Å². The predicted octanol–water partition coefficient (Wildman–Crippen LogP) is 2.77. The zero-order valence-electron chi connectivity index (χ0n) is 16.7. The van der Waals surface area contributed by atoms with E-state index in [2.05, 4.69) is 20.1 Å². The third-order valence-corrected chi connectivity index (χ3v) is 6.13. The van der Waals surface area contributed by atoms with Crippen molar-refractivity contribution in [1.29, 1.82) is 0 Å². The quantitative estimate of drug-likeness (QED) is 0.452. The number of aromatic nitrogens is 5. The Morgan fingerprint density at radius 1 is 1.16 bits per heavy atom. The Morgan fingerprint density at radius 3 is 2.65 bits per heavy atom. The summed E-state index contributed by atoms with van der Waals surface area (Å²) in [4.78, 5) is 12.7. The molecule has 9 nitrogen and oxygen atoms in total. The van der Waals surface area contributed by atoms with Gasteiger partial charge in [-0.3, -0.25) is 0 Å². The van der Waals surface area contributed by atoms with E-state index in [0.29, 0.717) is 22.3 Å². The van der Waals surface area contributed by atoms with Crippen molar-refractivity contribution in [3.8, 4) is 17.3 Å². The number of nitrogen functional groups attached to an aromatic ring is 1. The molecule has 0 radical (unpaired) electrons. The van der Waals surface area contributed by atoms with Gasteiger partial charge in [0.25, 0.3) is 0 Å². The summed E-state index contributed by atoms with van der Waals surface area (Å²) in [6.45, 7) is 3.13. The first-order valence-corrected chi connectivity index (χ1v) is 10.8. The van der Waals surface area contributed by atoms with E-state index in [1.54, 1.807) is 41.2 Å². The van der Waals surface area contributed by atoms with E-state index in [1.807, 2.05) is 0 Å². The fourth-order valence-electron chi connectivity index (χ4n) is 2.86. The summed E-state index contributed by atoms with van der Waals surface area (Å²) in [6, 6.07) is 9.92.